The lowest BCUT2D eigenvalue weighted by Crippen LogP contribution is -2.50. The number of hydrogen-bond acceptors (Lipinski definition) is 7. The highest BCUT2D eigenvalue weighted by molar-refractivity contribution is 7.20. The SMILES string of the molecule is COCc1nc(OC)c2c(C)c(C(=O)N(C)C(C)(C)C(=O)O)sc2n1. The lowest BCUT2D eigenvalue weighted by atomic mass is 10.0. The molecule has 2 aromatic heterocycles. The van der Waals surface area contributed by atoms with Crippen LogP contribution in [-0.4, -0.2) is 58.7 Å². The van der Waals surface area contributed by atoms with Crippen molar-refractivity contribution in [2.45, 2.75) is 32.9 Å². The second-order valence-corrected chi connectivity index (χ2v) is 7.05. The molecule has 136 valence electrons. The van der Waals surface area contributed by atoms with Crippen molar-refractivity contribution >= 4 is 33.4 Å². The highest BCUT2D eigenvalue weighted by Gasteiger charge is 2.37. The van der Waals surface area contributed by atoms with E-state index in [0.717, 1.165) is 0 Å². The maximum Gasteiger partial charge on any atom is 0.329 e. The molecule has 2 rings (SSSR count). The van der Waals surface area contributed by atoms with E-state index < -0.39 is 11.5 Å². The molecule has 0 saturated heterocycles. The van der Waals surface area contributed by atoms with Gasteiger partial charge >= 0.3 is 5.97 Å². The molecule has 0 aliphatic rings. The largest absolute Gasteiger partial charge is 0.480 e. The van der Waals surface area contributed by atoms with Gasteiger partial charge in [0.05, 0.1) is 17.4 Å². The van der Waals surface area contributed by atoms with Crippen molar-refractivity contribution in [2.75, 3.05) is 21.3 Å². The van der Waals surface area contributed by atoms with Crippen LogP contribution < -0.4 is 4.74 Å². The van der Waals surface area contributed by atoms with E-state index >= 15 is 0 Å². The molecule has 0 atom stereocenters. The molecule has 8 nitrogen and oxygen atoms in total. The first-order valence-electron chi connectivity index (χ1n) is 7.49. The molecule has 0 fully saturated rings. The average molecular weight is 367 g/mol. The molecule has 2 aromatic rings. The molecule has 0 radical (unpaired) electrons. The molecule has 9 heteroatoms. The number of amides is 1. The van der Waals surface area contributed by atoms with Crippen molar-refractivity contribution in [3.05, 3.63) is 16.3 Å². The molecular formula is C16H21N3O5S. The number of carbonyl (C=O) groups excluding carboxylic acids is 1. The summed E-state index contributed by atoms with van der Waals surface area (Å²) in [7, 11) is 4.51. The number of fused-ring (bicyclic) bond motifs is 1. The minimum absolute atomic E-state index is 0.221. The summed E-state index contributed by atoms with van der Waals surface area (Å²) in [4.78, 5) is 35.2. The molecular weight excluding hydrogens is 346 g/mol. The maximum atomic E-state index is 12.9. The molecule has 1 amide bonds. The van der Waals surface area contributed by atoms with E-state index in [2.05, 4.69) is 9.97 Å². The van der Waals surface area contributed by atoms with Gasteiger partial charge in [-0.1, -0.05) is 0 Å². The monoisotopic (exact) mass is 367 g/mol. The quantitative estimate of drug-likeness (QED) is 0.834. The molecule has 0 aromatic carbocycles. The summed E-state index contributed by atoms with van der Waals surface area (Å²) < 4.78 is 10.4. The third kappa shape index (κ3) is 3.29. The van der Waals surface area contributed by atoms with Crippen LogP contribution in [0.25, 0.3) is 10.2 Å². The molecule has 0 unspecified atom stereocenters. The van der Waals surface area contributed by atoms with Gasteiger partial charge in [-0.05, 0) is 26.3 Å². The Labute approximate surface area is 149 Å². The van der Waals surface area contributed by atoms with Crippen LogP contribution in [0.15, 0.2) is 0 Å². The number of aryl methyl sites for hydroxylation is 1. The van der Waals surface area contributed by atoms with Gasteiger partial charge in [-0.3, -0.25) is 4.79 Å². The number of methoxy groups -OCH3 is 2. The van der Waals surface area contributed by atoms with Crippen molar-refractivity contribution < 1.29 is 24.2 Å². The number of nitrogens with zero attached hydrogens (tertiary/aromatic N) is 3. The van der Waals surface area contributed by atoms with Crippen molar-refractivity contribution in [3.63, 3.8) is 0 Å². The van der Waals surface area contributed by atoms with Crippen LogP contribution in [0.1, 0.15) is 34.9 Å². The Kier molecular flexibility index (Phi) is 5.28. The van der Waals surface area contributed by atoms with Crippen LogP contribution in [0.2, 0.25) is 0 Å². The highest BCUT2D eigenvalue weighted by Crippen LogP contribution is 2.36. The second-order valence-electron chi connectivity index (χ2n) is 6.05. The zero-order chi connectivity index (χ0) is 18.9. The molecule has 0 aliphatic carbocycles. The van der Waals surface area contributed by atoms with Gasteiger partial charge in [-0.25, -0.2) is 9.78 Å². The minimum Gasteiger partial charge on any atom is -0.480 e. The Morgan fingerprint density at radius 1 is 1.28 bits per heavy atom. The highest BCUT2D eigenvalue weighted by atomic mass is 32.1. The summed E-state index contributed by atoms with van der Waals surface area (Å²) in [6.45, 7) is 4.95. The molecule has 0 bridgehead atoms. The summed E-state index contributed by atoms with van der Waals surface area (Å²) in [6.07, 6.45) is 0. The van der Waals surface area contributed by atoms with Crippen LogP contribution in [0.3, 0.4) is 0 Å². The predicted octanol–water partition coefficient (Wildman–Crippen LogP) is 2.09. The summed E-state index contributed by atoms with van der Waals surface area (Å²) in [5.41, 5.74) is -0.671. The van der Waals surface area contributed by atoms with Crippen molar-refractivity contribution in [3.8, 4) is 5.88 Å². The van der Waals surface area contributed by atoms with E-state index in [0.29, 0.717) is 32.4 Å². The van der Waals surface area contributed by atoms with Gasteiger partial charge in [-0.15, -0.1) is 11.3 Å². The van der Waals surface area contributed by atoms with Crippen LogP contribution in [0.5, 0.6) is 5.88 Å². The maximum absolute atomic E-state index is 12.9. The molecule has 0 spiro atoms. The van der Waals surface area contributed by atoms with E-state index in [1.54, 1.807) is 6.92 Å². The molecule has 1 N–H and O–H groups in total. The fraction of sp³-hybridized carbons (Fsp3) is 0.500. The third-order valence-electron chi connectivity index (χ3n) is 4.13. The third-order valence-corrected chi connectivity index (χ3v) is 5.30. The predicted molar refractivity (Wildman–Crippen MR) is 93.2 cm³/mol. The van der Waals surface area contributed by atoms with Gasteiger partial charge in [0.15, 0.2) is 5.82 Å². The van der Waals surface area contributed by atoms with E-state index in [-0.39, 0.29) is 12.5 Å². The molecule has 0 saturated carbocycles. The number of carbonyl (C=O) groups is 2. The smallest absolute Gasteiger partial charge is 0.329 e. The van der Waals surface area contributed by atoms with Crippen LogP contribution in [-0.2, 0) is 16.1 Å². The lowest BCUT2D eigenvalue weighted by molar-refractivity contribution is -0.147. The minimum atomic E-state index is -1.34. The molecule has 2 heterocycles. The van der Waals surface area contributed by atoms with E-state index in [9.17, 15) is 14.7 Å². The van der Waals surface area contributed by atoms with Gasteiger partial charge in [-0.2, -0.15) is 4.98 Å². The van der Waals surface area contributed by atoms with Crippen molar-refractivity contribution in [1.82, 2.24) is 14.9 Å². The second kappa shape index (κ2) is 6.93. The van der Waals surface area contributed by atoms with Gasteiger partial charge in [0.2, 0.25) is 5.88 Å². The first-order valence-corrected chi connectivity index (χ1v) is 8.31. The zero-order valence-electron chi connectivity index (χ0n) is 15.0. The fourth-order valence-corrected chi connectivity index (χ4v) is 3.41. The molecule has 25 heavy (non-hydrogen) atoms. The van der Waals surface area contributed by atoms with Gasteiger partial charge in [0.25, 0.3) is 5.91 Å². The van der Waals surface area contributed by atoms with Crippen LogP contribution in [0, 0.1) is 6.92 Å². The van der Waals surface area contributed by atoms with E-state index in [1.165, 1.54) is 51.4 Å². The number of aliphatic carboxylic acids is 1. The number of ether oxygens (including phenoxy) is 2. The Bertz CT molecular complexity index is 831. The van der Waals surface area contributed by atoms with Gasteiger partial charge in [0, 0.05) is 14.2 Å². The summed E-state index contributed by atoms with van der Waals surface area (Å²) in [6, 6.07) is 0. The Morgan fingerprint density at radius 2 is 1.92 bits per heavy atom. The van der Waals surface area contributed by atoms with Crippen molar-refractivity contribution in [1.29, 1.82) is 0 Å². The zero-order valence-corrected chi connectivity index (χ0v) is 15.9. The average Bonchev–Trinajstić information content (AvgIpc) is 2.89. The van der Waals surface area contributed by atoms with Crippen molar-refractivity contribution in [2.24, 2.45) is 0 Å². The van der Waals surface area contributed by atoms with Crippen LogP contribution in [0.4, 0.5) is 0 Å². The molecule has 0 aliphatic heterocycles. The summed E-state index contributed by atoms with van der Waals surface area (Å²) in [5, 5.41) is 10.00. The number of rotatable bonds is 6. The normalized spacial score (nSPS) is 11.6. The number of carboxylic acids is 1. The first kappa shape index (κ1) is 19.1. The number of likely N-dealkylation sites (N-methyl/N-ethyl adjacent to an activating group) is 1. The number of carboxylic acid groups (broad SMARTS) is 1. The number of thiophene rings is 1. The Balaban J connectivity index is 2.58. The van der Waals surface area contributed by atoms with Gasteiger partial charge < -0.3 is 19.5 Å². The van der Waals surface area contributed by atoms with E-state index in [1.807, 2.05) is 0 Å². The van der Waals surface area contributed by atoms with Crippen LogP contribution >= 0.6 is 11.3 Å². The Morgan fingerprint density at radius 3 is 2.44 bits per heavy atom. The topological polar surface area (TPSA) is 102 Å². The van der Waals surface area contributed by atoms with Gasteiger partial charge in [0.1, 0.15) is 17.0 Å². The summed E-state index contributed by atoms with van der Waals surface area (Å²) >= 11 is 1.19. The number of aromatic nitrogens is 2. The Hall–Kier alpha value is -2.26. The summed E-state index contributed by atoms with van der Waals surface area (Å²) in [5.74, 6) is -0.651. The first-order chi connectivity index (χ1) is 11.6. The number of hydrogen-bond donors (Lipinski definition) is 1. The fourth-order valence-electron chi connectivity index (χ4n) is 2.24. The van der Waals surface area contributed by atoms with E-state index in [4.69, 9.17) is 9.47 Å². The lowest BCUT2D eigenvalue weighted by Gasteiger charge is -2.31. The standard InChI is InChI=1S/C16H21N3O5S/c1-8-10-12(24-6)17-9(7-23-5)18-13(10)25-11(8)14(20)19(4)16(2,3)15(21)22/h7H2,1-6H3,(H,21,22).